The lowest BCUT2D eigenvalue weighted by Gasteiger charge is -2.23. The van der Waals surface area contributed by atoms with Crippen molar-refractivity contribution in [3.63, 3.8) is 0 Å². The highest BCUT2D eigenvalue weighted by Crippen LogP contribution is 2.33. The zero-order valence-corrected chi connectivity index (χ0v) is 13.2. The minimum atomic E-state index is -0.133. The average molecular weight is 304 g/mol. The Morgan fingerprint density at radius 2 is 2.43 bits per heavy atom. The van der Waals surface area contributed by atoms with E-state index in [2.05, 4.69) is 21.9 Å². The third-order valence-electron chi connectivity index (χ3n) is 4.07. The van der Waals surface area contributed by atoms with Crippen molar-refractivity contribution in [3.8, 4) is 0 Å². The molecule has 0 aliphatic heterocycles. The second-order valence-electron chi connectivity index (χ2n) is 5.40. The van der Waals surface area contributed by atoms with Crippen LogP contribution in [0.25, 0.3) is 0 Å². The molecule has 1 aliphatic rings. The van der Waals surface area contributed by atoms with E-state index in [9.17, 15) is 4.79 Å². The molecular formula is C15H20N4OS. The highest BCUT2D eigenvalue weighted by Gasteiger charge is 2.26. The maximum atomic E-state index is 12.6. The van der Waals surface area contributed by atoms with Gasteiger partial charge in [-0.3, -0.25) is 9.48 Å². The third kappa shape index (κ3) is 2.44. The first-order valence-electron chi connectivity index (χ1n) is 7.30. The van der Waals surface area contributed by atoms with Gasteiger partial charge in [-0.25, -0.2) is 0 Å². The minimum Gasteiger partial charge on any atom is -0.395 e. The zero-order valence-electron chi connectivity index (χ0n) is 12.3. The average Bonchev–Trinajstić information content (AvgIpc) is 3.04. The summed E-state index contributed by atoms with van der Waals surface area (Å²) in [5.41, 5.74) is 9.06. The largest absolute Gasteiger partial charge is 0.395 e. The summed E-state index contributed by atoms with van der Waals surface area (Å²) in [5, 5.41) is 9.53. The lowest BCUT2D eigenvalue weighted by Crippen LogP contribution is -2.32. The highest BCUT2D eigenvalue weighted by atomic mass is 32.1. The lowest BCUT2D eigenvalue weighted by atomic mass is 9.94. The van der Waals surface area contributed by atoms with Crippen LogP contribution in [0.4, 0.5) is 5.69 Å². The summed E-state index contributed by atoms with van der Waals surface area (Å²) in [7, 11) is 1.77. The molecule has 21 heavy (non-hydrogen) atoms. The maximum Gasteiger partial charge on any atom is 0.272 e. The number of nitrogens with two attached hydrogens (primary N) is 1. The number of nitrogen functional groups attached to an aromatic ring is 1. The van der Waals surface area contributed by atoms with E-state index in [4.69, 9.17) is 5.73 Å². The van der Waals surface area contributed by atoms with Crippen molar-refractivity contribution < 1.29 is 4.79 Å². The number of carbonyl (C=O) groups excluding carboxylic acids is 1. The van der Waals surface area contributed by atoms with E-state index in [1.807, 2.05) is 6.92 Å². The molecule has 112 valence electrons. The molecule has 2 heterocycles. The fourth-order valence-electron chi connectivity index (χ4n) is 2.99. The van der Waals surface area contributed by atoms with Crippen molar-refractivity contribution in [2.24, 2.45) is 7.05 Å². The number of hydrogen-bond acceptors (Lipinski definition) is 4. The van der Waals surface area contributed by atoms with Crippen LogP contribution in [0.3, 0.4) is 0 Å². The molecule has 0 aromatic carbocycles. The van der Waals surface area contributed by atoms with Crippen LogP contribution < -0.4 is 11.1 Å². The van der Waals surface area contributed by atoms with Crippen LogP contribution in [0.1, 0.15) is 52.4 Å². The molecule has 5 nitrogen and oxygen atoms in total. The number of thiophene rings is 1. The molecule has 0 radical (unpaired) electrons. The summed E-state index contributed by atoms with van der Waals surface area (Å²) >= 11 is 1.77. The Morgan fingerprint density at radius 1 is 1.62 bits per heavy atom. The van der Waals surface area contributed by atoms with Crippen molar-refractivity contribution in [2.75, 3.05) is 5.73 Å². The van der Waals surface area contributed by atoms with E-state index in [-0.39, 0.29) is 11.9 Å². The Morgan fingerprint density at radius 3 is 3.14 bits per heavy atom. The molecule has 1 amide bonds. The molecule has 0 saturated heterocycles. The van der Waals surface area contributed by atoms with Gasteiger partial charge >= 0.3 is 0 Å². The number of nitrogens with one attached hydrogen (secondary N) is 1. The fourth-order valence-corrected chi connectivity index (χ4v) is 3.98. The number of aryl methyl sites for hydroxylation is 3. The Hall–Kier alpha value is -1.82. The van der Waals surface area contributed by atoms with Gasteiger partial charge in [0.1, 0.15) is 5.69 Å². The van der Waals surface area contributed by atoms with Crippen LogP contribution in [0.5, 0.6) is 0 Å². The van der Waals surface area contributed by atoms with Crippen molar-refractivity contribution in [1.82, 2.24) is 15.1 Å². The standard InChI is InChI=1S/C15H20N4OS/c1-3-10-13(16)14(19(2)18-10)15(20)17-11-5-4-6-12-9(11)7-8-21-12/h7-8,11H,3-6,16H2,1-2H3,(H,17,20). The number of carbonyl (C=O) groups is 1. The molecule has 3 N–H and O–H groups in total. The van der Waals surface area contributed by atoms with Gasteiger partial charge in [-0.05, 0) is 42.7 Å². The fraction of sp³-hybridized carbons (Fsp3) is 0.467. The summed E-state index contributed by atoms with van der Waals surface area (Å²) in [6, 6.07) is 2.21. The van der Waals surface area contributed by atoms with E-state index in [0.29, 0.717) is 11.4 Å². The predicted molar refractivity (Wildman–Crippen MR) is 84.5 cm³/mol. The molecule has 0 spiro atoms. The van der Waals surface area contributed by atoms with E-state index >= 15 is 0 Å². The lowest BCUT2D eigenvalue weighted by molar-refractivity contribution is 0.0924. The van der Waals surface area contributed by atoms with Gasteiger partial charge in [0.15, 0.2) is 0 Å². The number of fused-ring (bicyclic) bond motifs is 1. The van der Waals surface area contributed by atoms with Gasteiger partial charge in [-0.1, -0.05) is 6.92 Å². The van der Waals surface area contributed by atoms with E-state index < -0.39 is 0 Å². The van der Waals surface area contributed by atoms with Crippen LogP contribution in [-0.4, -0.2) is 15.7 Å². The smallest absolute Gasteiger partial charge is 0.272 e. The normalized spacial score (nSPS) is 17.5. The van der Waals surface area contributed by atoms with E-state index in [1.54, 1.807) is 23.1 Å². The Kier molecular flexibility index (Phi) is 3.71. The second kappa shape index (κ2) is 5.52. The van der Waals surface area contributed by atoms with Gasteiger partial charge in [0.2, 0.25) is 0 Å². The van der Waals surface area contributed by atoms with Gasteiger partial charge in [-0.15, -0.1) is 11.3 Å². The molecule has 1 unspecified atom stereocenters. The number of nitrogens with zero attached hydrogens (tertiary/aromatic N) is 2. The number of amides is 1. The number of rotatable bonds is 3. The summed E-state index contributed by atoms with van der Waals surface area (Å²) < 4.78 is 1.58. The van der Waals surface area contributed by atoms with Gasteiger partial charge in [0, 0.05) is 11.9 Å². The Bertz CT molecular complexity index is 673. The SMILES string of the molecule is CCc1nn(C)c(C(=O)NC2CCCc3sccc32)c1N. The molecule has 0 fully saturated rings. The first-order chi connectivity index (χ1) is 10.1. The molecule has 2 aromatic heterocycles. The van der Waals surface area contributed by atoms with Crippen LogP contribution >= 0.6 is 11.3 Å². The third-order valence-corrected chi connectivity index (χ3v) is 5.06. The summed E-state index contributed by atoms with van der Waals surface area (Å²) in [6.07, 6.45) is 3.94. The van der Waals surface area contributed by atoms with Gasteiger partial charge in [-0.2, -0.15) is 5.10 Å². The maximum absolute atomic E-state index is 12.6. The highest BCUT2D eigenvalue weighted by molar-refractivity contribution is 7.10. The topological polar surface area (TPSA) is 72.9 Å². The van der Waals surface area contributed by atoms with Crippen LogP contribution in [-0.2, 0) is 19.9 Å². The molecule has 1 atom stereocenters. The predicted octanol–water partition coefficient (Wildman–Crippen LogP) is 2.43. The molecule has 0 bridgehead atoms. The molecular weight excluding hydrogens is 284 g/mol. The summed E-state index contributed by atoms with van der Waals surface area (Å²) in [5.74, 6) is -0.133. The van der Waals surface area contributed by atoms with E-state index in [0.717, 1.165) is 31.4 Å². The quantitative estimate of drug-likeness (QED) is 0.914. The monoisotopic (exact) mass is 304 g/mol. The number of anilines is 1. The van der Waals surface area contributed by atoms with Crippen molar-refractivity contribution in [2.45, 2.75) is 38.6 Å². The molecule has 2 aromatic rings. The van der Waals surface area contributed by atoms with Crippen molar-refractivity contribution in [1.29, 1.82) is 0 Å². The second-order valence-corrected chi connectivity index (χ2v) is 6.40. The molecule has 1 aliphatic carbocycles. The Labute approximate surface area is 128 Å². The minimum absolute atomic E-state index is 0.0897. The summed E-state index contributed by atoms with van der Waals surface area (Å²) in [6.45, 7) is 1.99. The van der Waals surface area contributed by atoms with Gasteiger partial charge < -0.3 is 11.1 Å². The summed E-state index contributed by atoms with van der Waals surface area (Å²) in [4.78, 5) is 14.0. The van der Waals surface area contributed by atoms with Crippen LogP contribution in [0.15, 0.2) is 11.4 Å². The number of aromatic nitrogens is 2. The first-order valence-corrected chi connectivity index (χ1v) is 8.18. The van der Waals surface area contributed by atoms with E-state index in [1.165, 1.54) is 10.4 Å². The Balaban J connectivity index is 1.84. The van der Waals surface area contributed by atoms with Gasteiger partial charge in [0.05, 0.1) is 17.4 Å². The van der Waals surface area contributed by atoms with Crippen LogP contribution in [0.2, 0.25) is 0 Å². The van der Waals surface area contributed by atoms with Gasteiger partial charge in [0.25, 0.3) is 5.91 Å². The zero-order chi connectivity index (χ0) is 15.0. The van der Waals surface area contributed by atoms with Crippen LogP contribution in [0, 0.1) is 0 Å². The molecule has 0 saturated carbocycles. The molecule has 3 rings (SSSR count). The molecule has 6 heteroatoms. The van der Waals surface area contributed by atoms with Crippen molar-refractivity contribution in [3.05, 3.63) is 33.3 Å². The first kappa shape index (κ1) is 14.1. The number of hydrogen-bond donors (Lipinski definition) is 2. The van der Waals surface area contributed by atoms with Crippen molar-refractivity contribution >= 4 is 22.9 Å².